The Labute approximate surface area is 210 Å². The number of imidazole rings is 1. The van der Waals surface area contributed by atoms with Gasteiger partial charge in [-0.3, -0.25) is 0 Å². The van der Waals surface area contributed by atoms with E-state index in [-0.39, 0.29) is 11.5 Å². The highest BCUT2D eigenvalue weighted by atomic mass is 32.2. The first-order chi connectivity index (χ1) is 16.8. The van der Waals surface area contributed by atoms with Crippen LogP contribution in [0.3, 0.4) is 0 Å². The molecular formula is C25H28N4O4S2. The average Bonchev–Trinajstić information content (AvgIpc) is 3.20. The third-order valence-electron chi connectivity index (χ3n) is 5.36. The van der Waals surface area contributed by atoms with Crippen molar-refractivity contribution in [3.63, 3.8) is 0 Å². The number of benzene rings is 2. The first-order valence-electron chi connectivity index (χ1n) is 11.2. The van der Waals surface area contributed by atoms with E-state index in [1.807, 2.05) is 45.9 Å². The van der Waals surface area contributed by atoms with Gasteiger partial charge in [0.15, 0.2) is 11.9 Å². The van der Waals surface area contributed by atoms with E-state index in [4.69, 9.17) is 15.0 Å². The van der Waals surface area contributed by atoms with Crippen LogP contribution in [0.15, 0.2) is 58.5 Å². The monoisotopic (exact) mass is 512 g/mol. The van der Waals surface area contributed by atoms with Crippen molar-refractivity contribution in [1.29, 1.82) is 5.26 Å². The maximum Gasteiger partial charge on any atom is 0.357 e. The molecule has 0 saturated carbocycles. The van der Waals surface area contributed by atoms with Crippen molar-refractivity contribution in [3.8, 4) is 17.3 Å². The highest BCUT2D eigenvalue weighted by molar-refractivity contribution is 7.98. The van der Waals surface area contributed by atoms with Crippen LogP contribution in [0, 0.1) is 11.5 Å². The zero-order valence-electron chi connectivity index (χ0n) is 19.9. The number of ether oxygens (including phenoxy) is 1. The van der Waals surface area contributed by atoms with E-state index in [0.29, 0.717) is 22.8 Å². The number of nitriles is 1. The average molecular weight is 513 g/mol. The summed E-state index contributed by atoms with van der Waals surface area (Å²) in [5.74, 6) is 0.437. The molecule has 1 N–H and O–H groups in total. The number of aryl methyl sites for hydroxylation is 1. The molecule has 0 aliphatic rings. The lowest BCUT2D eigenvalue weighted by atomic mass is 10.0. The van der Waals surface area contributed by atoms with Crippen LogP contribution in [-0.4, -0.2) is 36.8 Å². The van der Waals surface area contributed by atoms with Crippen LogP contribution < -0.4 is 4.72 Å². The topological polar surface area (TPSA) is 114 Å². The maximum absolute atomic E-state index is 12.8. The van der Waals surface area contributed by atoms with Crippen molar-refractivity contribution < 1.29 is 17.9 Å². The van der Waals surface area contributed by atoms with E-state index in [9.17, 15) is 13.2 Å². The van der Waals surface area contributed by atoms with Crippen molar-refractivity contribution >= 4 is 27.8 Å². The van der Waals surface area contributed by atoms with E-state index >= 15 is 0 Å². The fraction of sp³-hybridized carbons (Fsp3) is 0.320. The molecule has 10 heteroatoms. The molecule has 184 valence electrons. The number of carbonyl (C=O) groups is 1. The van der Waals surface area contributed by atoms with E-state index in [1.165, 1.54) is 30.1 Å². The van der Waals surface area contributed by atoms with Gasteiger partial charge in [-0.2, -0.15) is 5.26 Å². The third-order valence-corrected chi connectivity index (χ3v) is 7.26. The highest BCUT2D eigenvalue weighted by Gasteiger charge is 2.24. The number of hydrogen-bond donors (Lipinski definition) is 1. The zero-order valence-corrected chi connectivity index (χ0v) is 21.6. The Hall–Kier alpha value is -3.29. The van der Waals surface area contributed by atoms with Crippen molar-refractivity contribution in [2.75, 3.05) is 12.9 Å². The van der Waals surface area contributed by atoms with Gasteiger partial charge in [-0.25, -0.2) is 22.9 Å². The molecule has 0 unspecified atom stereocenters. The molecule has 0 bridgehead atoms. The molecule has 3 rings (SSSR count). The number of sulfonamides is 1. The number of hydrogen-bond acceptors (Lipinski definition) is 7. The molecule has 1 heterocycles. The molecule has 3 aromatic rings. The quantitative estimate of drug-likeness (QED) is 0.173. The lowest BCUT2D eigenvalue weighted by Crippen LogP contribution is -2.18. The van der Waals surface area contributed by atoms with Crippen molar-refractivity contribution in [2.24, 2.45) is 0 Å². The lowest BCUT2D eigenvalue weighted by Gasteiger charge is -2.13. The fourth-order valence-corrected chi connectivity index (χ4v) is 5.07. The van der Waals surface area contributed by atoms with Crippen LogP contribution in [0.1, 0.15) is 48.6 Å². The number of nitrogens with one attached hydrogen (secondary N) is 1. The minimum Gasteiger partial charge on any atom is -0.461 e. The number of carbonyl (C=O) groups excluding carboxylic acids is 1. The first kappa shape index (κ1) is 26.3. The summed E-state index contributed by atoms with van der Waals surface area (Å²) >= 11 is 1.42. The summed E-state index contributed by atoms with van der Waals surface area (Å²) in [7, 11) is -3.91. The number of thioether (sulfide) groups is 1. The van der Waals surface area contributed by atoms with Gasteiger partial charge in [0.1, 0.15) is 10.9 Å². The highest BCUT2D eigenvalue weighted by Crippen LogP contribution is 2.27. The van der Waals surface area contributed by atoms with Gasteiger partial charge in [0.25, 0.3) is 10.0 Å². The molecule has 0 fully saturated rings. The molecule has 0 aliphatic heterocycles. The smallest absolute Gasteiger partial charge is 0.357 e. The summed E-state index contributed by atoms with van der Waals surface area (Å²) in [6.07, 6.45) is 6.06. The van der Waals surface area contributed by atoms with E-state index in [2.05, 4.69) is 6.92 Å². The number of aromatic nitrogens is 2. The maximum atomic E-state index is 12.8. The second-order valence-corrected chi connectivity index (χ2v) is 10.2. The molecule has 35 heavy (non-hydrogen) atoms. The zero-order chi connectivity index (χ0) is 25.4. The lowest BCUT2D eigenvalue weighted by molar-refractivity contribution is 0.0509. The molecule has 2 aromatic carbocycles. The van der Waals surface area contributed by atoms with Crippen LogP contribution in [0.2, 0.25) is 0 Å². The Morgan fingerprint density at radius 3 is 2.54 bits per heavy atom. The minimum atomic E-state index is -3.91. The summed E-state index contributed by atoms with van der Waals surface area (Å²) in [6.45, 7) is 4.58. The first-order valence-corrected chi connectivity index (χ1v) is 14.0. The predicted molar refractivity (Wildman–Crippen MR) is 135 cm³/mol. The molecule has 0 spiro atoms. The minimum absolute atomic E-state index is 0.00706. The van der Waals surface area contributed by atoms with Gasteiger partial charge in [-0.15, -0.1) is 11.8 Å². The molecule has 0 atom stereocenters. The standard InChI is InChI=1S/C25H28N4O4S2/c1-4-6-13-22-28-24(34-3)23(25(30)33-5-2)29(22)16-18-9-7-10-19(14-18)20-11-8-12-21(15-20)35(31,32)27-17-26/h7-12,14-15,27H,4-6,13,16H2,1-3H3. The molecule has 8 nitrogen and oxygen atoms in total. The van der Waals surface area contributed by atoms with Crippen LogP contribution >= 0.6 is 11.8 Å². The Balaban J connectivity index is 2.02. The number of unbranched alkanes of at least 4 members (excludes halogenated alkanes) is 1. The Kier molecular flexibility index (Phi) is 8.95. The second kappa shape index (κ2) is 11.9. The van der Waals surface area contributed by atoms with Crippen molar-refractivity contribution in [2.45, 2.75) is 49.6 Å². The SMILES string of the molecule is CCCCc1nc(SC)c(C(=O)OCC)n1Cc1cccc(-c2cccc(S(=O)(=O)NC#N)c2)c1. The molecule has 0 saturated heterocycles. The van der Waals surface area contributed by atoms with Gasteiger partial charge in [0.05, 0.1) is 11.5 Å². The van der Waals surface area contributed by atoms with Gasteiger partial charge in [0, 0.05) is 13.0 Å². The number of rotatable bonds is 11. The molecule has 1 aromatic heterocycles. The van der Waals surface area contributed by atoms with E-state index < -0.39 is 16.0 Å². The Morgan fingerprint density at radius 1 is 1.17 bits per heavy atom. The number of esters is 1. The van der Waals surface area contributed by atoms with Crippen LogP contribution in [-0.2, 0) is 27.7 Å². The molecule has 0 radical (unpaired) electrons. The summed E-state index contributed by atoms with van der Waals surface area (Å²) in [6, 6.07) is 14.1. The fourth-order valence-electron chi connectivity index (χ4n) is 3.70. The largest absolute Gasteiger partial charge is 0.461 e. The van der Waals surface area contributed by atoms with E-state index in [1.54, 1.807) is 13.0 Å². The number of nitrogens with zero attached hydrogens (tertiary/aromatic N) is 3. The van der Waals surface area contributed by atoms with Gasteiger partial charge in [-0.05, 0) is 54.5 Å². The van der Waals surface area contributed by atoms with Gasteiger partial charge in [0.2, 0.25) is 0 Å². The van der Waals surface area contributed by atoms with Crippen LogP contribution in [0.4, 0.5) is 0 Å². The van der Waals surface area contributed by atoms with Crippen molar-refractivity contribution in [1.82, 2.24) is 14.3 Å². The summed E-state index contributed by atoms with van der Waals surface area (Å²) in [4.78, 5) is 17.5. The summed E-state index contributed by atoms with van der Waals surface area (Å²) < 4.78 is 33.6. The second-order valence-electron chi connectivity index (χ2n) is 7.74. The van der Waals surface area contributed by atoms with Gasteiger partial charge >= 0.3 is 5.97 Å². The predicted octanol–water partition coefficient (Wildman–Crippen LogP) is 4.60. The van der Waals surface area contributed by atoms with Crippen LogP contribution in [0.5, 0.6) is 0 Å². The summed E-state index contributed by atoms with van der Waals surface area (Å²) in [5.41, 5.74) is 2.89. The Bertz CT molecular complexity index is 1340. The molecule has 0 amide bonds. The normalized spacial score (nSPS) is 11.1. The molecular weight excluding hydrogens is 484 g/mol. The molecule has 0 aliphatic carbocycles. The Morgan fingerprint density at radius 2 is 1.89 bits per heavy atom. The van der Waals surface area contributed by atoms with Gasteiger partial charge < -0.3 is 9.30 Å². The van der Waals surface area contributed by atoms with E-state index in [0.717, 1.165) is 36.2 Å². The van der Waals surface area contributed by atoms with Crippen LogP contribution in [0.25, 0.3) is 11.1 Å². The van der Waals surface area contributed by atoms with Gasteiger partial charge in [-0.1, -0.05) is 43.7 Å². The third kappa shape index (κ3) is 6.24. The summed E-state index contributed by atoms with van der Waals surface area (Å²) in [5, 5.41) is 9.38. The van der Waals surface area contributed by atoms with Crippen molar-refractivity contribution in [3.05, 3.63) is 65.6 Å².